The van der Waals surface area contributed by atoms with Gasteiger partial charge in [-0.2, -0.15) is 0 Å². The zero-order chi connectivity index (χ0) is 7.24. The average molecular weight is 141 g/mol. The lowest BCUT2D eigenvalue weighted by molar-refractivity contribution is -0.0679. The first-order chi connectivity index (χ1) is 4.62. The van der Waals surface area contributed by atoms with Crippen LogP contribution in [-0.2, 0) is 4.74 Å². The maximum Gasteiger partial charge on any atom is 0.0672 e. The Morgan fingerprint density at radius 3 is 2.20 bits per heavy atom. The van der Waals surface area contributed by atoms with Crippen LogP contribution in [-0.4, -0.2) is 25.3 Å². The van der Waals surface area contributed by atoms with E-state index < -0.39 is 0 Å². The maximum absolute atomic E-state index is 5.19. The highest BCUT2D eigenvalue weighted by atomic mass is 16.5. The van der Waals surface area contributed by atoms with Gasteiger partial charge in [0.05, 0.1) is 18.8 Å². The van der Waals surface area contributed by atoms with E-state index in [4.69, 9.17) is 4.74 Å². The second-order valence-corrected chi connectivity index (χ2v) is 4.47. The zero-order valence-corrected chi connectivity index (χ0v) is 6.74. The molecule has 0 atom stereocenters. The molecule has 10 heavy (non-hydrogen) atoms. The molecule has 1 N–H and O–H groups in total. The van der Waals surface area contributed by atoms with Gasteiger partial charge in [0.1, 0.15) is 0 Å². The van der Waals surface area contributed by atoms with E-state index in [-0.39, 0.29) is 0 Å². The first-order valence-electron chi connectivity index (χ1n) is 3.95. The van der Waals surface area contributed by atoms with Gasteiger partial charge in [0.25, 0.3) is 0 Å². The molecule has 0 saturated carbocycles. The summed E-state index contributed by atoms with van der Waals surface area (Å²) in [6.45, 7) is 7.63. The van der Waals surface area contributed by atoms with Crippen molar-refractivity contribution in [3.8, 4) is 0 Å². The molecular formula is C8H15NO. The van der Waals surface area contributed by atoms with Crippen molar-refractivity contribution in [3.05, 3.63) is 0 Å². The van der Waals surface area contributed by atoms with Crippen LogP contribution < -0.4 is 5.32 Å². The summed E-state index contributed by atoms with van der Waals surface area (Å²) in [6, 6.07) is 0. The third-order valence-corrected chi connectivity index (χ3v) is 2.52. The van der Waals surface area contributed by atoms with Crippen molar-refractivity contribution < 1.29 is 4.74 Å². The molecule has 58 valence electrons. The van der Waals surface area contributed by atoms with E-state index >= 15 is 0 Å². The van der Waals surface area contributed by atoms with Gasteiger partial charge in [-0.05, 0) is 11.8 Å². The Kier molecular flexibility index (Phi) is 1.15. The third-order valence-electron chi connectivity index (χ3n) is 2.52. The van der Waals surface area contributed by atoms with Gasteiger partial charge in [-0.25, -0.2) is 0 Å². The summed E-state index contributed by atoms with van der Waals surface area (Å²) in [4.78, 5) is 0. The largest absolute Gasteiger partial charge is 0.377 e. The smallest absolute Gasteiger partial charge is 0.0672 e. The SMILES string of the molecule is CC1(C)CNC2(COC2)C1. The molecule has 2 nitrogen and oxygen atoms in total. The Labute approximate surface area is 61.9 Å². The highest BCUT2D eigenvalue weighted by molar-refractivity contribution is 5.04. The number of rotatable bonds is 0. The van der Waals surface area contributed by atoms with E-state index in [9.17, 15) is 0 Å². The van der Waals surface area contributed by atoms with Gasteiger partial charge in [-0.1, -0.05) is 13.8 Å². The minimum absolute atomic E-state index is 0.378. The molecule has 2 heterocycles. The second-order valence-electron chi connectivity index (χ2n) is 4.47. The van der Waals surface area contributed by atoms with Gasteiger partial charge in [-0.3, -0.25) is 0 Å². The molecule has 0 aromatic rings. The number of hydrogen-bond acceptors (Lipinski definition) is 2. The molecule has 2 saturated heterocycles. The quantitative estimate of drug-likeness (QED) is 0.538. The van der Waals surface area contributed by atoms with Gasteiger partial charge in [0.2, 0.25) is 0 Å². The first-order valence-corrected chi connectivity index (χ1v) is 3.95. The molecule has 1 spiro atoms. The van der Waals surface area contributed by atoms with Crippen molar-refractivity contribution in [2.24, 2.45) is 5.41 Å². The van der Waals surface area contributed by atoms with Crippen molar-refractivity contribution in [2.75, 3.05) is 19.8 Å². The fourth-order valence-electron chi connectivity index (χ4n) is 2.02. The fraction of sp³-hybridized carbons (Fsp3) is 1.00. The van der Waals surface area contributed by atoms with Crippen LogP contribution in [0.2, 0.25) is 0 Å². The van der Waals surface area contributed by atoms with E-state index in [1.807, 2.05) is 0 Å². The summed E-state index contributed by atoms with van der Waals surface area (Å²) in [6.07, 6.45) is 1.28. The molecule has 0 aromatic heterocycles. The number of hydrogen-bond donors (Lipinski definition) is 1. The van der Waals surface area contributed by atoms with Crippen molar-refractivity contribution in [1.82, 2.24) is 5.32 Å². The predicted octanol–water partition coefficient (Wildman–Crippen LogP) is 0.775. The molecule has 2 rings (SSSR count). The Morgan fingerprint density at radius 2 is 2.00 bits per heavy atom. The van der Waals surface area contributed by atoms with Gasteiger partial charge in [-0.15, -0.1) is 0 Å². The molecule has 0 amide bonds. The predicted molar refractivity (Wildman–Crippen MR) is 40.0 cm³/mol. The van der Waals surface area contributed by atoms with Crippen LogP contribution in [0.4, 0.5) is 0 Å². The summed E-state index contributed by atoms with van der Waals surface area (Å²) >= 11 is 0. The topological polar surface area (TPSA) is 21.3 Å². The van der Waals surface area contributed by atoms with Crippen LogP contribution in [0.3, 0.4) is 0 Å². The van der Waals surface area contributed by atoms with Crippen molar-refractivity contribution in [2.45, 2.75) is 25.8 Å². The summed E-state index contributed by atoms with van der Waals surface area (Å²) in [5.41, 5.74) is 0.868. The molecule has 0 bridgehead atoms. The maximum atomic E-state index is 5.19. The van der Waals surface area contributed by atoms with E-state index in [0.29, 0.717) is 11.0 Å². The lowest BCUT2D eigenvalue weighted by Crippen LogP contribution is -2.56. The zero-order valence-electron chi connectivity index (χ0n) is 6.74. The van der Waals surface area contributed by atoms with E-state index in [2.05, 4.69) is 19.2 Å². The van der Waals surface area contributed by atoms with Crippen molar-refractivity contribution in [3.63, 3.8) is 0 Å². The highest BCUT2D eigenvalue weighted by Crippen LogP contribution is 2.37. The van der Waals surface area contributed by atoms with Crippen molar-refractivity contribution in [1.29, 1.82) is 0 Å². The third kappa shape index (κ3) is 0.867. The molecular weight excluding hydrogens is 126 g/mol. The van der Waals surface area contributed by atoms with Crippen molar-refractivity contribution >= 4 is 0 Å². The molecule has 2 aliphatic heterocycles. The van der Waals surface area contributed by atoms with Gasteiger partial charge < -0.3 is 10.1 Å². The molecule has 0 aromatic carbocycles. The Hall–Kier alpha value is -0.0800. The van der Waals surface area contributed by atoms with E-state index in [1.54, 1.807) is 0 Å². The van der Waals surface area contributed by atoms with E-state index in [1.165, 1.54) is 6.42 Å². The Balaban J connectivity index is 2.05. The molecule has 2 aliphatic rings. The van der Waals surface area contributed by atoms with Crippen LogP contribution in [0.5, 0.6) is 0 Å². The Morgan fingerprint density at radius 1 is 1.30 bits per heavy atom. The second kappa shape index (κ2) is 1.74. The van der Waals surface area contributed by atoms with Crippen LogP contribution in [0, 0.1) is 5.41 Å². The number of nitrogens with one attached hydrogen (secondary N) is 1. The highest BCUT2D eigenvalue weighted by Gasteiger charge is 2.47. The van der Waals surface area contributed by atoms with Gasteiger partial charge in [0, 0.05) is 6.54 Å². The number of ether oxygens (including phenoxy) is 1. The molecule has 2 heteroatoms. The minimum atomic E-state index is 0.378. The monoisotopic (exact) mass is 141 g/mol. The summed E-state index contributed by atoms with van der Waals surface area (Å²) in [5.74, 6) is 0. The van der Waals surface area contributed by atoms with Crippen LogP contribution in [0.25, 0.3) is 0 Å². The normalized spacial score (nSPS) is 34.2. The first kappa shape index (κ1) is 6.62. The summed E-state index contributed by atoms with van der Waals surface area (Å²) in [5, 5.41) is 3.53. The summed E-state index contributed by atoms with van der Waals surface area (Å²) < 4.78 is 5.19. The standard InChI is InChI=1S/C8H15NO/c1-7(2)3-8(9-4-7)5-10-6-8/h9H,3-6H2,1-2H3. The lowest BCUT2D eigenvalue weighted by atomic mass is 9.83. The van der Waals surface area contributed by atoms with Gasteiger partial charge >= 0.3 is 0 Å². The van der Waals surface area contributed by atoms with Gasteiger partial charge in [0.15, 0.2) is 0 Å². The molecule has 0 aliphatic carbocycles. The van der Waals surface area contributed by atoms with Crippen LogP contribution in [0.1, 0.15) is 20.3 Å². The van der Waals surface area contributed by atoms with Crippen LogP contribution >= 0.6 is 0 Å². The Bertz CT molecular complexity index is 149. The minimum Gasteiger partial charge on any atom is -0.377 e. The molecule has 0 unspecified atom stereocenters. The summed E-state index contributed by atoms with van der Waals surface area (Å²) in [7, 11) is 0. The molecule has 0 radical (unpaired) electrons. The van der Waals surface area contributed by atoms with E-state index in [0.717, 1.165) is 19.8 Å². The van der Waals surface area contributed by atoms with Crippen LogP contribution in [0.15, 0.2) is 0 Å². The fourth-order valence-corrected chi connectivity index (χ4v) is 2.02. The molecule has 2 fully saturated rings. The lowest BCUT2D eigenvalue weighted by Gasteiger charge is -2.38. The average Bonchev–Trinajstić information content (AvgIpc) is 2.04.